The van der Waals surface area contributed by atoms with Gasteiger partial charge < -0.3 is 0 Å². The number of rotatable bonds is 1. The minimum atomic E-state index is 0.639. The minimum Gasteiger partial charge on any atom is -0.228 e. The van der Waals surface area contributed by atoms with Crippen LogP contribution in [-0.4, -0.2) is 17.4 Å². The van der Waals surface area contributed by atoms with Gasteiger partial charge in [0.05, 0.1) is 19.4 Å². The van der Waals surface area contributed by atoms with E-state index in [0.717, 1.165) is 5.84 Å². The molecule has 0 fully saturated rings. The van der Waals surface area contributed by atoms with E-state index in [1.807, 2.05) is 26.4 Å². The van der Waals surface area contributed by atoms with Gasteiger partial charge in [0.15, 0.2) is 0 Å². The van der Waals surface area contributed by atoms with Gasteiger partial charge in [0.25, 0.3) is 0 Å². The Hall–Kier alpha value is -0.890. The lowest BCUT2D eigenvalue weighted by atomic mass is 10.5. The lowest BCUT2D eigenvalue weighted by molar-refractivity contribution is -0.704. The molecule has 0 aromatic heterocycles. The number of aliphatic imine (C=N–C) groups is 1. The van der Waals surface area contributed by atoms with Crippen molar-refractivity contribution in [3.63, 3.8) is 0 Å². The number of hydrogen-bond acceptors (Lipinski definition) is 1. The molecule has 1 rings (SSSR count). The monoisotopic (exact) mass is 123 g/mol. The first-order valence-electron chi connectivity index (χ1n) is 2.91. The van der Waals surface area contributed by atoms with E-state index in [9.17, 15) is 0 Å². The molecule has 0 saturated heterocycles. The first-order valence-corrected chi connectivity index (χ1v) is 2.91. The molecule has 9 heavy (non-hydrogen) atoms. The highest BCUT2D eigenvalue weighted by Crippen LogP contribution is 2.12. The van der Waals surface area contributed by atoms with E-state index in [1.165, 1.54) is 0 Å². The molecular formula is C7H11N2+. The topological polar surface area (TPSA) is 12.4 Å². The molecule has 1 aliphatic rings. The Morgan fingerprint density at radius 2 is 2.44 bits per heavy atom. The van der Waals surface area contributed by atoms with Crippen LogP contribution in [0.4, 0.5) is 0 Å². The van der Waals surface area contributed by atoms with Gasteiger partial charge in [-0.25, -0.2) is 9.48 Å². The molecule has 0 saturated carbocycles. The van der Waals surface area contributed by atoms with E-state index < -0.39 is 0 Å². The quantitative estimate of drug-likeness (QED) is 0.468. The van der Waals surface area contributed by atoms with Crippen molar-refractivity contribution >= 4 is 5.84 Å². The Labute approximate surface area is 55.4 Å². The van der Waals surface area contributed by atoms with Gasteiger partial charge >= 0.3 is 0 Å². The highest BCUT2D eigenvalue weighted by Gasteiger charge is 2.22. The van der Waals surface area contributed by atoms with E-state index in [-0.39, 0.29) is 0 Å². The summed E-state index contributed by atoms with van der Waals surface area (Å²) in [4.78, 5) is 4.10. The Bertz CT molecular complexity index is 191. The van der Waals surface area contributed by atoms with Gasteiger partial charge in [-0.3, -0.25) is 0 Å². The van der Waals surface area contributed by atoms with Crippen LogP contribution in [0.15, 0.2) is 30.2 Å². The molecule has 1 aliphatic heterocycles. The fourth-order valence-corrected chi connectivity index (χ4v) is 0.705. The van der Waals surface area contributed by atoms with E-state index in [1.54, 1.807) is 6.20 Å². The molecule has 2 nitrogen and oxygen atoms in total. The van der Waals surface area contributed by atoms with Crippen LogP contribution in [0.5, 0.6) is 0 Å². The molecule has 2 heteroatoms. The average molecular weight is 123 g/mol. The second-order valence-corrected chi connectivity index (χ2v) is 2.30. The molecule has 0 aliphatic carbocycles. The van der Waals surface area contributed by atoms with Crippen LogP contribution in [0.3, 0.4) is 0 Å². The predicted molar refractivity (Wildman–Crippen MR) is 38.6 cm³/mol. The summed E-state index contributed by atoms with van der Waals surface area (Å²) in [5.74, 6) is 1.06. The Balaban J connectivity index is 2.95. The van der Waals surface area contributed by atoms with Crippen molar-refractivity contribution < 1.29 is 4.48 Å². The van der Waals surface area contributed by atoms with Crippen molar-refractivity contribution in [3.8, 4) is 0 Å². The van der Waals surface area contributed by atoms with Crippen LogP contribution >= 0.6 is 0 Å². The Kier molecular flexibility index (Phi) is 1.25. The zero-order valence-electron chi connectivity index (χ0n) is 5.83. The SMILES string of the molecule is C=C[N+]1(C)C=CN=C1C. The van der Waals surface area contributed by atoms with Crippen LogP contribution in [0, 0.1) is 0 Å². The molecule has 0 spiro atoms. The van der Waals surface area contributed by atoms with Crippen LogP contribution in [0.25, 0.3) is 0 Å². The standard InChI is InChI=1S/C7H11N2/c1-4-9(3)6-5-8-7(9)2/h4-6H,1H2,2-3H3/q+1. The van der Waals surface area contributed by atoms with Crippen molar-refractivity contribution in [1.29, 1.82) is 0 Å². The normalized spacial score (nSPS) is 32.4. The van der Waals surface area contributed by atoms with Gasteiger partial charge in [0.2, 0.25) is 5.84 Å². The van der Waals surface area contributed by atoms with Crippen LogP contribution < -0.4 is 0 Å². The third-order valence-electron chi connectivity index (χ3n) is 1.71. The lowest BCUT2D eigenvalue weighted by Gasteiger charge is -2.19. The number of quaternary nitrogens is 1. The second kappa shape index (κ2) is 1.81. The first kappa shape index (κ1) is 6.23. The second-order valence-electron chi connectivity index (χ2n) is 2.30. The zero-order valence-corrected chi connectivity index (χ0v) is 5.83. The molecule has 0 aromatic rings. The molecule has 1 heterocycles. The van der Waals surface area contributed by atoms with Crippen molar-refractivity contribution in [2.24, 2.45) is 4.99 Å². The van der Waals surface area contributed by atoms with Crippen LogP contribution in [0.2, 0.25) is 0 Å². The summed E-state index contributed by atoms with van der Waals surface area (Å²) in [6.07, 6.45) is 5.64. The molecule has 1 unspecified atom stereocenters. The summed E-state index contributed by atoms with van der Waals surface area (Å²) in [6.45, 7) is 5.69. The molecular weight excluding hydrogens is 112 g/mol. The van der Waals surface area contributed by atoms with Gasteiger partial charge in [0.1, 0.15) is 6.20 Å². The number of hydrogen-bond donors (Lipinski definition) is 0. The predicted octanol–water partition coefficient (Wildman–Crippen LogP) is 1.48. The van der Waals surface area contributed by atoms with Crippen molar-refractivity contribution in [1.82, 2.24) is 0 Å². The van der Waals surface area contributed by atoms with Gasteiger partial charge in [-0.1, -0.05) is 0 Å². The van der Waals surface area contributed by atoms with Crippen molar-refractivity contribution in [2.45, 2.75) is 6.92 Å². The first-order chi connectivity index (χ1) is 4.19. The van der Waals surface area contributed by atoms with Gasteiger partial charge in [-0.2, -0.15) is 0 Å². The Morgan fingerprint density at radius 1 is 1.78 bits per heavy atom. The molecule has 0 bridgehead atoms. The van der Waals surface area contributed by atoms with Crippen LogP contribution in [0.1, 0.15) is 6.92 Å². The van der Waals surface area contributed by atoms with E-state index >= 15 is 0 Å². The van der Waals surface area contributed by atoms with E-state index in [4.69, 9.17) is 0 Å². The summed E-state index contributed by atoms with van der Waals surface area (Å²) < 4.78 is 0.639. The smallest absolute Gasteiger partial charge is 0.208 e. The van der Waals surface area contributed by atoms with Gasteiger partial charge in [0, 0.05) is 6.92 Å². The summed E-state index contributed by atoms with van der Waals surface area (Å²) in [5, 5.41) is 0. The van der Waals surface area contributed by atoms with E-state index in [2.05, 4.69) is 11.6 Å². The highest BCUT2D eigenvalue weighted by molar-refractivity contribution is 5.75. The van der Waals surface area contributed by atoms with Gasteiger partial charge in [-0.05, 0) is 6.58 Å². The largest absolute Gasteiger partial charge is 0.228 e. The maximum Gasteiger partial charge on any atom is 0.208 e. The fraction of sp³-hybridized carbons (Fsp3) is 0.286. The summed E-state index contributed by atoms with van der Waals surface area (Å²) in [6, 6.07) is 0. The molecule has 0 radical (unpaired) electrons. The summed E-state index contributed by atoms with van der Waals surface area (Å²) in [5.41, 5.74) is 0. The zero-order chi connectivity index (χ0) is 6.91. The summed E-state index contributed by atoms with van der Waals surface area (Å²) in [7, 11) is 2.04. The molecule has 48 valence electrons. The number of amidine groups is 1. The minimum absolute atomic E-state index is 0.639. The molecule has 0 aromatic carbocycles. The third-order valence-corrected chi connectivity index (χ3v) is 1.71. The molecule has 0 N–H and O–H groups in total. The summed E-state index contributed by atoms with van der Waals surface area (Å²) >= 11 is 0. The highest BCUT2D eigenvalue weighted by atomic mass is 15.4. The average Bonchev–Trinajstić information content (AvgIpc) is 2.15. The third kappa shape index (κ3) is 0.813. The van der Waals surface area contributed by atoms with E-state index in [0.29, 0.717) is 4.48 Å². The van der Waals surface area contributed by atoms with Crippen molar-refractivity contribution in [2.75, 3.05) is 7.05 Å². The maximum absolute atomic E-state index is 4.10. The van der Waals surface area contributed by atoms with Gasteiger partial charge in [-0.15, -0.1) is 0 Å². The molecule has 0 amide bonds. The Morgan fingerprint density at radius 3 is 2.67 bits per heavy atom. The van der Waals surface area contributed by atoms with Crippen LogP contribution in [-0.2, 0) is 0 Å². The van der Waals surface area contributed by atoms with Crippen molar-refractivity contribution in [3.05, 3.63) is 25.2 Å². The lowest BCUT2D eigenvalue weighted by Crippen LogP contribution is -2.34. The number of nitrogens with zero attached hydrogens (tertiary/aromatic N) is 2. The molecule has 1 atom stereocenters. The maximum atomic E-state index is 4.10. The fourth-order valence-electron chi connectivity index (χ4n) is 0.705.